The number of benzene rings is 1. The van der Waals surface area contributed by atoms with Crippen molar-refractivity contribution in [3.8, 4) is 0 Å². The summed E-state index contributed by atoms with van der Waals surface area (Å²) in [6, 6.07) is 8.23. The van der Waals surface area contributed by atoms with Crippen LogP contribution < -0.4 is 5.32 Å². The van der Waals surface area contributed by atoms with Crippen LogP contribution in [0.5, 0.6) is 0 Å². The van der Waals surface area contributed by atoms with Gasteiger partial charge in [-0.3, -0.25) is 9.79 Å². The topological polar surface area (TPSA) is 113 Å². The number of fused-ring (bicyclic) bond motifs is 1. The molecule has 36 heavy (non-hydrogen) atoms. The van der Waals surface area contributed by atoms with Gasteiger partial charge in [-0.15, -0.1) is 4.31 Å². The molecular formula is C27H38N4O4S. The molecule has 8 nitrogen and oxygen atoms in total. The number of aliphatic hydroxyl groups is 2. The Hall–Kier alpha value is -1.91. The molecule has 3 N–H and O–H groups in total. The van der Waals surface area contributed by atoms with Crippen LogP contribution in [-0.4, -0.2) is 72.5 Å². The van der Waals surface area contributed by atoms with Crippen LogP contribution in [0.2, 0.25) is 0 Å². The highest BCUT2D eigenvalue weighted by molar-refractivity contribution is 7.89. The van der Waals surface area contributed by atoms with Crippen LogP contribution in [0, 0.1) is 5.92 Å². The van der Waals surface area contributed by atoms with E-state index in [1.807, 2.05) is 16.6 Å². The lowest BCUT2D eigenvalue weighted by Crippen LogP contribution is -2.51. The molecule has 1 saturated carbocycles. The summed E-state index contributed by atoms with van der Waals surface area (Å²) in [6.45, 7) is 1.64. The van der Waals surface area contributed by atoms with Crippen molar-refractivity contribution in [3.63, 3.8) is 0 Å². The Labute approximate surface area is 216 Å². The third-order valence-electron chi connectivity index (χ3n) is 8.19. The van der Waals surface area contributed by atoms with Crippen molar-refractivity contribution in [2.45, 2.75) is 76.0 Å². The molecule has 5 rings (SSSR count). The standard InChI is InChI=1S/C27H38N4O4S/c32-19-22(33)9-14-30-15-10-23-20(7-4-8-24(23)30)11-18-36(35)31-16-12-27(13-17-31)26(34)28-25(29-27)21-5-2-1-3-6-21/h4,7-8,10,15,21-22,32-33H,1-3,5-6,9,11-14,16-19H2,(H,28,29,34). The summed E-state index contributed by atoms with van der Waals surface area (Å²) in [4.78, 5) is 17.8. The maximum absolute atomic E-state index is 13.2. The fraction of sp³-hybridized carbons (Fsp3) is 0.630. The first kappa shape index (κ1) is 25.7. The maximum atomic E-state index is 13.2. The first-order valence-corrected chi connectivity index (χ1v) is 14.7. The Morgan fingerprint density at radius 3 is 2.72 bits per heavy atom. The lowest BCUT2D eigenvalue weighted by molar-refractivity contribution is -0.124. The van der Waals surface area contributed by atoms with Gasteiger partial charge >= 0.3 is 0 Å². The molecule has 0 radical (unpaired) electrons. The molecule has 2 aromatic rings. The van der Waals surface area contributed by atoms with Crippen molar-refractivity contribution in [3.05, 3.63) is 36.0 Å². The molecule has 0 bridgehead atoms. The second-order valence-electron chi connectivity index (χ2n) is 10.5. The van der Waals surface area contributed by atoms with Gasteiger partial charge in [0, 0.05) is 60.4 Å². The first-order chi connectivity index (χ1) is 17.5. The molecule has 2 fully saturated rings. The summed E-state index contributed by atoms with van der Waals surface area (Å²) in [5.41, 5.74) is 1.58. The number of aromatic nitrogens is 1. The molecule has 3 heterocycles. The quantitative estimate of drug-likeness (QED) is 0.445. The van der Waals surface area contributed by atoms with E-state index in [1.54, 1.807) is 0 Å². The van der Waals surface area contributed by atoms with Crippen LogP contribution in [0.3, 0.4) is 0 Å². The lowest BCUT2D eigenvalue weighted by atomic mass is 9.88. The van der Waals surface area contributed by atoms with Crippen molar-refractivity contribution < 1.29 is 19.6 Å². The van der Waals surface area contributed by atoms with E-state index in [0.717, 1.165) is 35.1 Å². The van der Waals surface area contributed by atoms with Crippen molar-refractivity contribution in [1.29, 1.82) is 0 Å². The van der Waals surface area contributed by atoms with Gasteiger partial charge in [0.2, 0.25) is 0 Å². The van der Waals surface area contributed by atoms with Crippen LogP contribution >= 0.6 is 0 Å². The molecule has 2 atom stereocenters. The van der Waals surface area contributed by atoms with E-state index in [-0.39, 0.29) is 12.5 Å². The number of aliphatic imine (C=N–C) groups is 1. The minimum Gasteiger partial charge on any atom is -0.598 e. The van der Waals surface area contributed by atoms with Crippen molar-refractivity contribution in [2.24, 2.45) is 10.9 Å². The molecule has 9 heteroatoms. The maximum Gasteiger partial charge on any atom is 0.253 e. The van der Waals surface area contributed by atoms with Crippen LogP contribution in [0.25, 0.3) is 10.9 Å². The number of piperidine rings is 1. The highest BCUT2D eigenvalue weighted by Gasteiger charge is 2.48. The number of rotatable bonds is 9. The van der Waals surface area contributed by atoms with Gasteiger partial charge in [0.15, 0.2) is 0 Å². The van der Waals surface area contributed by atoms with Crippen LogP contribution in [0.15, 0.2) is 35.5 Å². The molecule has 2 unspecified atom stereocenters. The molecule has 2 aliphatic heterocycles. The second-order valence-corrected chi connectivity index (χ2v) is 12.1. The second kappa shape index (κ2) is 11.2. The Balaban J connectivity index is 1.16. The van der Waals surface area contributed by atoms with Gasteiger partial charge in [-0.25, -0.2) is 0 Å². The number of carbonyl (C=O) groups is 1. The highest BCUT2D eigenvalue weighted by Crippen LogP contribution is 2.35. The fourth-order valence-electron chi connectivity index (χ4n) is 5.92. The summed E-state index contributed by atoms with van der Waals surface area (Å²) in [5.74, 6) is 1.88. The molecule has 196 valence electrons. The smallest absolute Gasteiger partial charge is 0.253 e. The van der Waals surface area contributed by atoms with Gasteiger partial charge in [0.05, 0.1) is 12.7 Å². The van der Waals surface area contributed by atoms with Gasteiger partial charge < -0.3 is 24.6 Å². The largest absolute Gasteiger partial charge is 0.598 e. The Bertz CT molecular complexity index is 1090. The average Bonchev–Trinajstić information content (AvgIpc) is 3.48. The van der Waals surface area contributed by atoms with Gasteiger partial charge in [0.25, 0.3) is 5.91 Å². The van der Waals surface area contributed by atoms with E-state index < -0.39 is 23.0 Å². The van der Waals surface area contributed by atoms with Crippen molar-refractivity contribution in [1.82, 2.24) is 14.2 Å². The van der Waals surface area contributed by atoms with E-state index in [2.05, 4.69) is 28.1 Å². The van der Waals surface area contributed by atoms with Crippen molar-refractivity contribution in [2.75, 3.05) is 25.4 Å². The minimum atomic E-state index is -1.11. The normalized spacial score (nSPS) is 22.6. The Morgan fingerprint density at radius 1 is 1.19 bits per heavy atom. The predicted octanol–water partition coefficient (Wildman–Crippen LogP) is 2.53. The van der Waals surface area contributed by atoms with E-state index in [4.69, 9.17) is 10.1 Å². The third kappa shape index (κ3) is 5.36. The molecule has 1 saturated heterocycles. The summed E-state index contributed by atoms with van der Waals surface area (Å²) < 4.78 is 17.3. The van der Waals surface area contributed by atoms with Gasteiger partial charge in [-0.2, -0.15) is 0 Å². The molecule has 1 aliphatic carbocycles. The summed E-state index contributed by atoms with van der Waals surface area (Å²) in [7, 11) is 0. The summed E-state index contributed by atoms with van der Waals surface area (Å²) >= 11 is -1.11. The summed E-state index contributed by atoms with van der Waals surface area (Å²) in [5, 5.41) is 23.0. The number of aryl methyl sites for hydroxylation is 2. The summed E-state index contributed by atoms with van der Waals surface area (Å²) in [6.07, 6.45) is 9.68. The van der Waals surface area contributed by atoms with Gasteiger partial charge in [-0.1, -0.05) is 31.4 Å². The number of amides is 1. The zero-order valence-corrected chi connectivity index (χ0v) is 21.7. The Kier molecular flexibility index (Phi) is 8.02. The molecule has 3 aliphatic rings. The number of nitrogens with zero attached hydrogens (tertiary/aromatic N) is 3. The van der Waals surface area contributed by atoms with E-state index in [9.17, 15) is 14.5 Å². The molecule has 1 aromatic carbocycles. The molecule has 1 amide bonds. The number of aliphatic hydroxyl groups excluding tert-OH is 2. The number of carbonyl (C=O) groups excluding carboxylic acids is 1. The van der Waals surface area contributed by atoms with E-state index in [1.165, 1.54) is 19.3 Å². The molecular weight excluding hydrogens is 476 g/mol. The highest BCUT2D eigenvalue weighted by atomic mass is 32.2. The monoisotopic (exact) mass is 514 g/mol. The van der Waals surface area contributed by atoms with Crippen molar-refractivity contribution >= 4 is 34.0 Å². The van der Waals surface area contributed by atoms with Crippen LogP contribution in [-0.2, 0) is 29.1 Å². The van der Waals surface area contributed by atoms with Gasteiger partial charge in [-0.05, 0) is 49.8 Å². The number of hydrogen-bond donors (Lipinski definition) is 3. The minimum absolute atomic E-state index is 0.0382. The zero-order valence-electron chi connectivity index (χ0n) is 20.9. The SMILES string of the molecule is O=C1NC(C2CCCCC2)=NC12CCN([S+]([O-])CCc1cccc3c1ccn3CCC(O)CO)CC2. The van der Waals surface area contributed by atoms with Crippen LogP contribution in [0.4, 0.5) is 0 Å². The molecule has 1 spiro atoms. The fourth-order valence-corrected chi connectivity index (χ4v) is 7.16. The number of amidine groups is 1. The Morgan fingerprint density at radius 2 is 1.97 bits per heavy atom. The first-order valence-electron chi connectivity index (χ1n) is 13.4. The zero-order chi connectivity index (χ0) is 25.1. The third-order valence-corrected chi connectivity index (χ3v) is 9.69. The van der Waals surface area contributed by atoms with E-state index in [0.29, 0.717) is 57.0 Å². The van der Waals surface area contributed by atoms with E-state index >= 15 is 0 Å². The predicted molar refractivity (Wildman–Crippen MR) is 142 cm³/mol. The number of nitrogens with one attached hydrogen (secondary N) is 1. The van der Waals surface area contributed by atoms with Crippen LogP contribution in [0.1, 0.15) is 56.9 Å². The van der Waals surface area contributed by atoms with Gasteiger partial charge in [0.1, 0.15) is 17.1 Å². The lowest BCUT2D eigenvalue weighted by Gasteiger charge is -2.35. The number of hydrogen-bond acceptors (Lipinski definition) is 6. The molecule has 1 aromatic heterocycles. The average molecular weight is 515 g/mol.